The molecule has 4 nitrogen and oxygen atoms in total. The molecule has 2 aliphatic heterocycles. The molecule has 0 N–H and O–H groups in total. The Morgan fingerprint density at radius 2 is 1.46 bits per heavy atom. The van der Waals surface area contributed by atoms with Crippen molar-refractivity contribution in [3.05, 3.63) is 142 Å². The highest BCUT2D eigenvalue weighted by atomic mass is 35.5. The fourth-order valence-corrected chi connectivity index (χ4v) is 7.05. The van der Waals surface area contributed by atoms with E-state index >= 15 is 0 Å². The summed E-state index contributed by atoms with van der Waals surface area (Å²) in [5.41, 5.74) is 3.35. The van der Waals surface area contributed by atoms with Crippen LogP contribution in [-0.4, -0.2) is 29.4 Å². The van der Waals surface area contributed by atoms with Crippen molar-refractivity contribution in [2.24, 2.45) is 5.41 Å². The van der Waals surface area contributed by atoms with Gasteiger partial charge in [0, 0.05) is 33.3 Å². The van der Waals surface area contributed by atoms with Crippen LogP contribution >= 0.6 is 11.6 Å². The second kappa shape index (κ2) is 8.62. The van der Waals surface area contributed by atoms with Crippen molar-refractivity contribution in [1.82, 2.24) is 0 Å². The van der Waals surface area contributed by atoms with E-state index in [2.05, 4.69) is 0 Å². The summed E-state index contributed by atoms with van der Waals surface area (Å²) in [6.45, 7) is 1.98. The van der Waals surface area contributed by atoms with Gasteiger partial charge in [0.2, 0.25) is 0 Å². The summed E-state index contributed by atoms with van der Waals surface area (Å²) in [7, 11) is 0. The number of halogens is 1. The minimum atomic E-state index is -1.50. The zero-order chi connectivity index (χ0) is 26.9. The molecular weight excluding hydrogens is 506 g/mol. The van der Waals surface area contributed by atoms with Crippen molar-refractivity contribution >= 4 is 40.7 Å². The lowest BCUT2D eigenvalue weighted by Crippen LogP contribution is -2.48. The molecule has 0 saturated carbocycles. The van der Waals surface area contributed by atoms with E-state index in [1.165, 1.54) is 0 Å². The van der Waals surface area contributed by atoms with Gasteiger partial charge in [0.15, 0.2) is 17.3 Å². The molecule has 1 fully saturated rings. The normalized spacial score (nSPS) is 22.1. The molecule has 1 aliphatic carbocycles. The number of carbonyl (C=O) groups excluding carboxylic acids is 3. The number of nitrogens with zero attached hydrogens (tertiary/aromatic N) is 1. The fraction of sp³-hybridized carbons (Fsp3) is 0.147. The van der Waals surface area contributed by atoms with Gasteiger partial charge in [-0.1, -0.05) is 108 Å². The van der Waals surface area contributed by atoms with E-state index in [4.69, 9.17) is 11.6 Å². The number of Topliss-reactive ketones (excluding diaryl/α,β-unsaturated/α-hetero) is 3. The second-order valence-corrected chi connectivity index (χ2v) is 11.0. The first kappa shape index (κ1) is 23.8. The first-order valence-corrected chi connectivity index (χ1v) is 13.4. The lowest BCUT2D eigenvalue weighted by Gasteiger charge is -2.37. The topological polar surface area (TPSA) is 54.5 Å². The Hall–Kier alpha value is -4.28. The van der Waals surface area contributed by atoms with Gasteiger partial charge in [0.25, 0.3) is 0 Å². The molecule has 0 radical (unpaired) electrons. The van der Waals surface area contributed by atoms with Crippen LogP contribution in [-0.2, 0) is 0 Å². The van der Waals surface area contributed by atoms with Crippen molar-refractivity contribution < 1.29 is 14.4 Å². The second-order valence-electron chi connectivity index (χ2n) is 10.6. The van der Waals surface area contributed by atoms with Crippen molar-refractivity contribution in [3.8, 4) is 0 Å². The molecule has 3 aliphatic rings. The molecule has 3 atom stereocenters. The van der Waals surface area contributed by atoms with Crippen LogP contribution in [0.3, 0.4) is 0 Å². The highest BCUT2D eigenvalue weighted by Gasteiger charge is 2.71. The first-order chi connectivity index (χ1) is 18.9. The van der Waals surface area contributed by atoms with Crippen molar-refractivity contribution in [2.45, 2.75) is 24.9 Å². The standard InChI is InChI=1S/C34H24ClNO3/c1-20-11-13-22(14-12-20)31(37)30-29(21-7-3-2-4-8-21)34(32(38)25-9-5-6-10-26(25)33(34)39)28-18-15-23-19-24(35)16-17-27(23)36(28)30/h2-19,28-30H,1H3/t28-,29-,30+/m1/s1. The van der Waals surface area contributed by atoms with Crippen molar-refractivity contribution in [2.75, 3.05) is 4.90 Å². The maximum absolute atomic E-state index is 14.6. The monoisotopic (exact) mass is 529 g/mol. The van der Waals surface area contributed by atoms with Gasteiger partial charge in [-0.2, -0.15) is 0 Å². The lowest BCUT2D eigenvalue weighted by molar-refractivity contribution is 0.0666. The molecule has 2 heterocycles. The average Bonchev–Trinajstić information content (AvgIpc) is 3.39. The molecule has 0 aromatic heterocycles. The summed E-state index contributed by atoms with van der Waals surface area (Å²) < 4.78 is 0. The van der Waals surface area contributed by atoms with Gasteiger partial charge in [-0.25, -0.2) is 0 Å². The summed E-state index contributed by atoms with van der Waals surface area (Å²) in [6, 6.07) is 28.2. The Morgan fingerprint density at radius 1 is 0.821 bits per heavy atom. The third-order valence-corrected chi connectivity index (χ3v) is 8.76. The smallest absolute Gasteiger partial charge is 0.185 e. The molecule has 1 spiro atoms. The maximum Gasteiger partial charge on any atom is 0.185 e. The van der Waals surface area contributed by atoms with Gasteiger partial charge in [-0.05, 0) is 36.2 Å². The Kier molecular flexibility index (Phi) is 5.26. The maximum atomic E-state index is 14.6. The molecule has 190 valence electrons. The lowest BCUT2D eigenvalue weighted by atomic mass is 9.64. The number of rotatable bonds is 3. The summed E-state index contributed by atoms with van der Waals surface area (Å²) in [5.74, 6) is -1.30. The van der Waals surface area contributed by atoms with Gasteiger partial charge in [0.1, 0.15) is 11.5 Å². The van der Waals surface area contributed by atoms with E-state index in [-0.39, 0.29) is 17.3 Å². The van der Waals surface area contributed by atoms with E-state index in [0.717, 1.165) is 22.4 Å². The van der Waals surface area contributed by atoms with Crippen LogP contribution in [0.5, 0.6) is 0 Å². The molecule has 4 aromatic carbocycles. The van der Waals surface area contributed by atoms with E-state index < -0.39 is 23.4 Å². The van der Waals surface area contributed by atoms with Gasteiger partial charge in [-0.3, -0.25) is 14.4 Å². The zero-order valence-corrected chi connectivity index (χ0v) is 21.9. The van der Waals surface area contributed by atoms with Crippen LogP contribution in [0.4, 0.5) is 5.69 Å². The van der Waals surface area contributed by atoms with Crippen LogP contribution in [0.15, 0.2) is 103 Å². The minimum absolute atomic E-state index is 0.126. The number of anilines is 1. The first-order valence-electron chi connectivity index (χ1n) is 13.0. The number of fused-ring (bicyclic) bond motifs is 5. The van der Waals surface area contributed by atoms with E-state index in [1.807, 2.05) is 90.7 Å². The van der Waals surface area contributed by atoms with Crippen LogP contribution in [0.2, 0.25) is 5.02 Å². The highest BCUT2D eigenvalue weighted by Crippen LogP contribution is 2.61. The van der Waals surface area contributed by atoms with Gasteiger partial charge in [-0.15, -0.1) is 0 Å². The average molecular weight is 530 g/mol. The Balaban J connectivity index is 1.54. The van der Waals surface area contributed by atoms with Crippen molar-refractivity contribution in [1.29, 1.82) is 0 Å². The van der Waals surface area contributed by atoms with Gasteiger partial charge in [0.05, 0.1) is 6.04 Å². The van der Waals surface area contributed by atoms with Gasteiger partial charge >= 0.3 is 0 Å². The Bertz CT molecular complexity index is 1670. The molecule has 1 saturated heterocycles. The van der Waals surface area contributed by atoms with Crippen LogP contribution in [0, 0.1) is 12.3 Å². The number of hydrogen-bond acceptors (Lipinski definition) is 4. The molecule has 4 aromatic rings. The quantitative estimate of drug-likeness (QED) is 0.212. The molecule has 7 rings (SSSR count). The number of hydrogen-bond donors (Lipinski definition) is 0. The predicted octanol–water partition coefficient (Wildman–Crippen LogP) is 6.96. The molecule has 0 unspecified atom stereocenters. The number of ketones is 3. The number of benzene rings is 4. The third kappa shape index (κ3) is 3.22. The molecular formula is C34H24ClNO3. The summed E-state index contributed by atoms with van der Waals surface area (Å²) in [5, 5.41) is 0.576. The predicted molar refractivity (Wildman–Crippen MR) is 153 cm³/mol. The highest BCUT2D eigenvalue weighted by molar-refractivity contribution is 6.32. The summed E-state index contributed by atoms with van der Waals surface area (Å²) >= 11 is 6.35. The van der Waals surface area contributed by atoms with Crippen molar-refractivity contribution in [3.63, 3.8) is 0 Å². The number of carbonyl (C=O) groups is 3. The van der Waals surface area contributed by atoms with E-state index in [1.54, 1.807) is 30.3 Å². The molecule has 0 amide bonds. The minimum Gasteiger partial charge on any atom is -0.352 e. The van der Waals surface area contributed by atoms with Gasteiger partial charge < -0.3 is 4.90 Å². The Morgan fingerprint density at radius 3 is 2.13 bits per heavy atom. The zero-order valence-electron chi connectivity index (χ0n) is 21.2. The Labute approximate surface area is 231 Å². The summed E-state index contributed by atoms with van der Waals surface area (Å²) in [6.07, 6.45) is 3.84. The van der Waals surface area contributed by atoms with Crippen LogP contribution < -0.4 is 4.90 Å². The van der Waals surface area contributed by atoms with E-state index in [0.29, 0.717) is 21.7 Å². The number of aryl methyl sites for hydroxylation is 1. The fourth-order valence-electron chi connectivity index (χ4n) is 6.87. The van der Waals surface area contributed by atoms with Crippen LogP contribution in [0.25, 0.3) is 6.08 Å². The van der Waals surface area contributed by atoms with E-state index in [9.17, 15) is 14.4 Å². The largest absolute Gasteiger partial charge is 0.352 e. The summed E-state index contributed by atoms with van der Waals surface area (Å²) in [4.78, 5) is 45.7. The molecule has 39 heavy (non-hydrogen) atoms. The third-order valence-electron chi connectivity index (χ3n) is 8.53. The van der Waals surface area contributed by atoms with Crippen LogP contribution in [0.1, 0.15) is 53.7 Å². The SMILES string of the molecule is Cc1ccc(C(=O)[C@@H]2[C@@H](c3ccccc3)C3(C(=O)c4ccccc4C3=O)[C@H]3C=Cc4cc(Cl)ccc4N23)cc1. The molecule has 5 heteroatoms. The molecule has 0 bridgehead atoms.